The number of carbonyl (C=O) groups is 1. The lowest BCUT2D eigenvalue weighted by Gasteiger charge is -2.08. The van der Waals surface area contributed by atoms with Gasteiger partial charge in [0.25, 0.3) is 5.91 Å². The normalized spacial score (nSPS) is 10.5. The van der Waals surface area contributed by atoms with E-state index in [2.05, 4.69) is 5.32 Å². The molecule has 4 nitrogen and oxygen atoms in total. The lowest BCUT2D eigenvalue weighted by Crippen LogP contribution is -2.12. The zero-order valence-corrected chi connectivity index (χ0v) is 13.8. The second kappa shape index (κ2) is 7.66. The summed E-state index contributed by atoms with van der Waals surface area (Å²) in [5, 5.41) is 2.86. The van der Waals surface area contributed by atoms with Gasteiger partial charge in [-0.05, 0) is 54.4 Å². The van der Waals surface area contributed by atoms with E-state index >= 15 is 0 Å². The number of nitrogens with one attached hydrogen (secondary N) is 1. The molecular formula is C20H18FNO3. The first kappa shape index (κ1) is 16.8. The Hall–Kier alpha value is -3.08. The Bertz CT molecular complexity index is 855. The monoisotopic (exact) mass is 339 g/mol. The highest BCUT2D eigenvalue weighted by atomic mass is 19.1. The quantitative estimate of drug-likeness (QED) is 0.701. The molecule has 2 aromatic carbocycles. The Balaban J connectivity index is 1.62. The number of para-hydroxylation sites is 1. The van der Waals surface area contributed by atoms with Crippen molar-refractivity contribution in [2.75, 3.05) is 5.32 Å². The molecule has 0 aliphatic carbocycles. The van der Waals surface area contributed by atoms with Crippen molar-refractivity contribution in [1.29, 1.82) is 0 Å². The Labute approximate surface area is 145 Å². The van der Waals surface area contributed by atoms with Gasteiger partial charge in [-0.2, -0.15) is 0 Å². The molecule has 0 spiro atoms. The maximum atomic E-state index is 12.9. The number of ether oxygens (including phenoxy) is 1. The zero-order valence-electron chi connectivity index (χ0n) is 13.8. The predicted octanol–water partition coefficient (Wildman–Crippen LogP) is 4.81. The first-order valence-corrected chi connectivity index (χ1v) is 8.02. The average molecular weight is 339 g/mol. The van der Waals surface area contributed by atoms with Crippen LogP contribution in [0.2, 0.25) is 0 Å². The molecule has 0 aliphatic heterocycles. The van der Waals surface area contributed by atoms with Crippen LogP contribution >= 0.6 is 0 Å². The highest BCUT2D eigenvalue weighted by Gasteiger charge is 2.13. The van der Waals surface area contributed by atoms with Crippen molar-refractivity contribution in [3.63, 3.8) is 0 Å². The molecule has 25 heavy (non-hydrogen) atoms. The highest BCUT2D eigenvalue weighted by molar-refractivity contribution is 6.02. The molecule has 3 aromatic rings. The second-order valence-corrected chi connectivity index (χ2v) is 5.47. The van der Waals surface area contributed by atoms with Gasteiger partial charge < -0.3 is 14.5 Å². The number of halogens is 1. The minimum Gasteiger partial charge on any atom is -0.486 e. The fourth-order valence-electron chi connectivity index (χ4n) is 2.40. The Kier molecular flexibility index (Phi) is 5.14. The summed E-state index contributed by atoms with van der Waals surface area (Å²) in [6.45, 7) is 2.19. The van der Waals surface area contributed by atoms with Gasteiger partial charge in [0.05, 0.1) is 0 Å². The van der Waals surface area contributed by atoms with Gasteiger partial charge in [-0.1, -0.05) is 25.1 Å². The summed E-state index contributed by atoms with van der Waals surface area (Å²) >= 11 is 0. The van der Waals surface area contributed by atoms with E-state index in [1.54, 1.807) is 12.1 Å². The third-order valence-electron chi connectivity index (χ3n) is 3.73. The third kappa shape index (κ3) is 4.26. The Morgan fingerprint density at radius 2 is 1.84 bits per heavy atom. The summed E-state index contributed by atoms with van der Waals surface area (Å²) in [4.78, 5) is 12.3. The molecule has 0 aliphatic rings. The van der Waals surface area contributed by atoms with E-state index in [4.69, 9.17) is 9.15 Å². The number of hydrogen-bond acceptors (Lipinski definition) is 3. The molecule has 5 heteroatoms. The fourth-order valence-corrected chi connectivity index (χ4v) is 2.40. The van der Waals surface area contributed by atoms with Crippen LogP contribution < -0.4 is 10.1 Å². The van der Waals surface area contributed by atoms with Crippen LogP contribution in [0, 0.1) is 5.82 Å². The van der Waals surface area contributed by atoms with Crippen molar-refractivity contribution in [2.45, 2.75) is 20.0 Å². The van der Waals surface area contributed by atoms with Crippen molar-refractivity contribution >= 4 is 11.6 Å². The first-order chi connectivity index (χ1) is 12.2. The molecule has 0 saturated carbocycles. The summed E-state index contributed by atoms with van der Waals surface area (Å²) in [5.74, 6) is 0.619. The summed E-state index contributed by atoms with van der Waals surface area (Å²) in [6.07, 6.45) is 0.825. The molecule has 1 aromatic heterocycles. The summed E-state index contributed by atoms with van der Waals surface area (Å²) in [5.41, 5.74) is 1.83. The van der Waals surface area contributed by atoms with Crippen molar-refractivity contribution in [3.05, 3.63) is 83.6 Å². The van der Waals surface area contributed by atoms with E-state index in [1.165, 1.54) is 24.3 Å². The van der Waals surface area contributed by atoms with Crippen molar-refractivity contribution in [3.8, 4) is 5.75 Å². The van der Waals surface area contributed by atoms with Crippen LogP contribution in [0.25, 0.3) is 0 Å². The van der Waals surface area contributed by atoms with Crippen LogP contribution in [-0.2, 0) is 13.0 Å². The number of carbonyl (C=O) groups excluding carboxylic acids is 1. The molecule has 0 atom stereocenters. The number of anilines is 1. The van der Waals surface area contributed by atoms with Crippen LogP contribution in [0.3, 0.4) is 0 Å². The molecule has 128 valence electrons. The third-order valence-corrected chi connectivity index (χ3v) is 3.73. The lowest BCUT2D eigenvalue weighted by molar-refractivity contribution is 0.0992. The summed E-state index contributed by atoms with van der Waals surface area (Å²) < 4.78 is 23.9. The molecule has 0 saturated heterocycles. The number of amides is 1. The predicted molar refractivity (Wildman–Crippen MR) is 93.2 cm³/mol. The number of rotatable bonds is 6. The van der Waals surface area contributed by atoms with E-state index in [0.717, 1.165) is 17.7 Å². The van der Waals surface area contributed by atoms with Gasteiger partial charge in [-0.15, -0.1) is 0 Å². The molecule has 3 rings (SSSR count). The Morgan fingerprint density at radius 3 is 2.60 bits per heavy atom. The second-order valence-electron chi connectivity index (χ2n) is 5.47. The van der Waals surface area contributed by atoms with Gasteiger partial charge in [-0.3, -0.25) is 4.79 Å². The van der Waals surface area contributed by atoms with E-state index in [-0.39, 0.29) is 24.1 Å². The van der Waals surface area contributed by atoms with Crippen molar-refractivity contribution in [2.24, 2.45) is 0 Å². The topological polar surface area (TPSA) is 51.5 Å². The van der Waals surface area contributed by atoms with Crippen LogP contribution in [0.15, 0.2) is 65.1 Å². The van der Waals surface area contributed by atoms with Crippen molar-refractivity contribution < 1.29 is 18.3 Å². The maximum absolute atomic E-state index is 12.9. The first-order valence-electron chi connectivity index (χ1n) is 8.02. The van der Waals surface area contributed by atoms with Gasteiger partial charge in [0.15, 0.2) is 5.76 Å². The lowest BCUT2D eigenvalue weighted by atomic mass is 10.1. The van der Waals surface area contributed by atoms with Gasteiger partial charge in [-0.25, -0.2) is 4.39 Å². The van der Waals surface area contributed by atoms with Crippen LogP contribution in [0.5, 0.6) is 5.75 Å². The van der Waals surface area contributed by atoms with Crippen molar-refractivity contribution in [1.82, 2.24) is 0 Å². The molecule has 0 unspecified atom stereocenters. The SMILES string of the molecule is CCc1ccccc1NC(=O)c1ccc(COc2ccc(F)cc2)o1. The molecular weight excluding hydrogens is 321 g/mol. The minimum atomic E-state index is -0.323. The molecule has 0 fully saturated rings. The minimum absolute atomic E-state index is 0.157. The van der Waals surface area contributed by atoms with Gasteiger partial charge >= 0.3 is 0 Å². The standard InChI is InChI=1S/C20H18FNO3/c1-2-14-5-3-4-6-18(14)22-20(23)19-12-11-17(25-19)13-24-16-9-7-15(21)8-10-16/h3-12H,2,13H2,1H3,(H,22,23). The summed E-state index contributed by atoms with van der Waals surface area (Å²) in [7, 11) is 0. The number of hydrogen-bond donors (Lipinski definition) is 1. The number of benzene rings is 2. The van der Waals surface area contributed by atoms with Gasteiger partial charge in [0, 0.05) is 5.69 Å². The van der Waals surface area contributed by atoms with E-state index in [9.17, 15) is 9.18 Å². The zero-order chi connectivity index (χ0) is 17.6. The molecule has 1 heterocycles. The molecule has 1 amide bonds. The number of furan rings is 1. The summed E-state index contributed by atoms with van der Waals surface area (Å²) in [6, 6.07) is 16.6. The molecule has 1 N–H and O–H groups in total. The van der Waals surface area contributed by atoms with Crippen LogP contribution in [0.4, 0.5) is 10.1 Å². The Morgan fingerprint density at radius 1 is 1.08 bits per heavy atom. The molecule has 0 radical (unpaired) electrons. The van der Waals surface area contributed by atoms with E-state index in [1.807, 2.05) is 31.2 Å². The molecule has 0 bridgehead atoms. The van der Waals surface area contributed by atoms with Crippen LogP contribution in [-0.4, -0.2) is 5.91 Å². The van der Waals surface area contributed by atoms with Crippen LogP contribution in [0.1, 0.15) is 28.8 Å². The average Bonchev–Trinajstić information content (AvgIpc) is 3.11. The number of aryl methyl sites for hydroxylation is 1. The largest absolute Gasteiger partial charge is 0.486 e. The van der Waals surface area contributed by atoms with Gasteiger partial charge in [0.2, 0.25) is 0 Å². The van der Waals surface area contributed by atoms with E-state index in [0.29, 0.717) is 11.5 Å². The highest BCUT2D eigenvalue weighted by Crippen LogP contribution is 2.18. The smallest absolute Gasteiger partial charge is 0.291 e. The van der Waals surface area contributed by atoms with E-state index < -0.39 is 0 Å². The maximum Gasteiger partial charge on any atom is 0.291 e. The van der Waals surface area contributed by atoms with Gasteiger partial charge in [0.1, 0.15) is 23.9 Å². The fraction of sp³-hybridized carbons (Fsp3) is 0.150.